The Morgan fingerprint density at radius 3 is 3.33 bits per heavy atom. The van der Waals surface area contributed by atoms with Crippen LogP contribution in [-0.2, 0) is 11.4 Å². The fourth-order valence-corrected chi connectivity index (χ4v) is 1.86. The highest BCUT2D eigenvalue weighted by Gasteiger charge is 2.12. The third-order valence-electron chi connectivity index (χ3n) is 1.69. The van der Waals surface area contributed by atoms with Gasteiger partial charge < -0.3 is 4.74 Å². The van der Waals surface area contributed by atoms with Crippen molar-refractivity contribution < 1.29 is 9.57 Å². The molecule has 0 aliphatic carbocycles. The van der Waals surface area contributed by atoms with Crippen LogP contribution in [0.4, 0.5) is 0 Å². The number of thioether (sulfide) groups is 1. The second kappa shape index (κ2) is 3.35. The lowest BCUT2D eigenvalue weighted by Gasteiger charge is -2.01. The number of nitrogens with two attached hydrogens (primary N) is 1. The summed E-state index contributed by atoms with van der Waals surface area (Å²) >= 11 is 1.70. The van der Waals surface area contributed by atoms with Gasteiger partial charge in [-0.3, -0.25) is 4.84 Å². The van der Waals surface area contributed by atoms with Crippen LogP contribution in [0, 0.1) is 0 Å². The fourth-order valence-electron chi connectivity index (χ4n) is 1.13. The second-order valence-corrected chi connectivity index (χ2v) is 3.46. The topological polar surface area (TPSA) is 44.5 Å². The zero-order chi connectivity index (χ0) is 8.39. The first-order valence-corrected chi connectivity index (χ1v) is 4.59. The monoisotopic (exact) mass is 183 g/mol. The maximum atomic E-state index is 5.35. The van der Waals surface area contributed by atoms with Gasteiger partial charge in [0.25, 0.3) is 0 Å². The Labute approximate surface area is 74.8 Å². The molecule has 3 nitrogen and oxygen atoms in total. The molecule has 4 heteroatoms. The maximum absolute atomic E-state index is 5.35. The van der Waals surface area contributed by atoms with Crippen molar-refractivity contribution in [3.05, 3.63) is 23.8 Å². The third-order valence-corrected chi connectivity index (χ3v) is 2.57. The van der Waals surface area contributed by atoms with Crippen LogP contribution in [0.5, 0.6) is 5.75 Å². The Balaban J connectivity index is 2.26. The number of hydrogen-bond acceptors (Lipinski definition) is 4. The predicted octanol–water partition coefficient (Wildman–Crippen LogP) is 1.52. The summed E-state index contributed by atoms with van der Waals surface area (Å²) in [5.74, 6) is 6.61. The zero-order valence-electron chi connectivity index (χ0n) is 6.45. The van der Waals surface area contributed by atoms with E-state index in [9.17, 15) is 0 Å². The Bertz CT molecular complexity index is 290. The van der Waals surface area contributed by atoms with Gasteiger partial charge in [-0.2, -0.15) is 0 Å². The van der Waals surface area contributed by atoms with Crippen molar-refractivity contribution in [1.29, 1.82) is 0 Å². The minimum absolute atomic E-state index is 0.432. The van der Waals surface area contributed by atoms with Gasteiger partial charge in [0, 0.05) is 0 Å². The Morgan fingerprint density at radius 1 is 1.58 bits per heavy atom. The summed E-state index contributed by atoms with van der Waals surface area (Å²) in [6.45, 7) is 0.432. The van der Waals surface area contributed by atoms with E-state index in [2.05, 4.69) is 4.84 Å². The molecule has 1 heterocycles. The van der Waals surface area contributed by atoms with E-state index in [0.29, 0.717) is 12.5 Å². The van der Waals surface area contributed by atoms with Gasteiger partial charge in [-0.1, -0.05) is 17.8 Å². The van der Waals surface area contributed by atoms with E-state index in [0.717, 1.165) is 11.3 Å². The number of rotatable bonds is 2. The first-order chi connectivity index (χ1) is 5.90. The van der Waals surface area contributed by atoms with Crippen LogP contribution >= 0.6 is 11.8 Å². The summed E-state index contributed by atoms with van der Waals surface area (Å²) in [4.78, 5) is 5.72. The molecule has 12 heavy (non-hydrogen) atoms. The van der Waals surface area contributed by atoms with Crippen molar-refractivity contribution in [2.24, 2.45) is 5.90 Å². The van der Waals surface area contributed by atoms with Crippen LogP contribution in [0.2, 0.25) is 0 Å². The minimum Gasteiger partial charge on any atom is -0.481 e. The maximum Gasteiger partial charge on any atom is 0.138 e. The molecule has 0 saturated heterocycles. The van der Waals surface area contributed by atoms with E-state index in [-0.39, 0.29) is 0 Å². The molecule has 1 aliphatic rings. The molecule has 0 bridgehead atoms. The molecule has 0 aromatic heterocycles. The summed E-state index contributed by atoms with van der Waals surface area (Å²) < 4.78 is 5.35. The molecule has 0 saturated carbocycles. The summed E-state index contributed by atoms with van der Waals surface area (Å²) in [5.41, 5.74) is 1.04. The molecule has 0 fully saturated rings. The van der Waals surface area contributed by atoms with Crippen LogP contribution in [0.3, 0.4) is 0 Å². The highest BCUT2D eigenvalue weighted by molar-refractivity contribution is 7.99. The summed E-state index contributed by atoms with van der Waals surface area (Å²) in [6.07, 6.45) is 0. The molecule has 64 valence electrons. The molecule has 0 radical (unpaired) electrons. The Morgan fingerprint density at radius 2 is 2.50 bits per heavy atom. The van der Waals surface area contributed by atoms with Crippen LogP contribution in [0.1, 0.15) is 5.56 Å². The molecule has 0 spiro atoms. The average molecular weight is 183 g/mol. The fraction of sp³-hybridized carbons (Fsp3) is 0.250. The first-order valence-electron chi connectivity index (χ1n) is 3.60. The van der Waals surface area contributed by atoms with Crippen molar-refractivity contribution in [3.8, 4) is 5.75 Å². The number of fused-ring (bicyclic) bond motifs is 1. The van der Waals surface area contributed by atoms with E-state index in [1.54, 1.807) is 11.8 Å². The Kier molecular flexibility index (Phi) is 2.21. The summed E-state index contributed by atoms with van der Waals surface area (Å²) in [6, 6.07) is 5.98. The van der Waals surface area contributed by atoms with Crippen LogP contribution in [0.25, 0.3) is 0 Å². The molecular weight excluding hydrogens is 174 g/mol. The molecule has 0 amide bonds. The van der Waals surface area contributed by atoms with Crippen LogP contribution in [0.15, 0.2) is 23.1 Å². The number of benzene rings is 1. The quantitative estimate of drug-likeness (QED) is 0.706. The third kappa shape index (κ3) is 1.41. The van der Waals surface area contributed by atoms with Crippen LogP contribution in [-0.4, -0.2) is 5.94 Å². The molecule has 1 aliphatic heterocycles. The molecule has 0 unspecified atom stereocenters. The molecule has 1 aromatic carbocycles. The highest BCUT2D eigenvalue weighted by Crippen LogP contribution is 2.36. The van der Waals surface area contributed by atoms with Crippen molar-refractivity contribution in [3.63, 3.8) is 0 Å². The van der Waals surface area contributed by atoms with E-state index in [1.165, 1.54) is 4.90 Å². The first kappa shape index (κ1) is 7.91. The highest BCUT2D eigenvalue weighted by atomic mass is 32.2. The van der Waals surface area contributed by atoms with Crippen molar-refractivity contribution in [1.82, 2.24) is 0 Å². The molecule has 0 atom stereocenters. The normalized spacial score (nSPS) is 14.1. The predicted molar refractivity (Wildman–Crippen MR) is 46.8 cm³/mol. The van der Waals surface area contributed by atoms with Crippen molar-refractivity contribution in [2.75, 3.05) is 5.94 Å². The number of ether oxygens (including phenoxy) is 1. The van der Waals surface area contributed by atoms with Gasteiger partial charge in [0.05, 0.1) is 11.5 Å². The lowest BCUT2D eigenvalue weighted by molar-refractivity contribution is 0.124. The average Bonchev–Trinajstić information content (AvgIpc) is 2.51. The van der Waals surface area contributed by atoms with Gasteiger partial charge in [-0.25, -0.2) is 5.90 Å². The zero-order valence-corrected chi connectivity index (χ0v) is 7.26. The van der Waals surface area contributed by atoms with Gasteiger partial charge in [-0.15, -0.1) is 0 Å². The van der Waals surface area contributed by atoms with E-state index < -0.39 is 0 Å². The van der Waals surface area contributed by atoms with E-state index >= 15 is 0 Å². The molecule has 2 rings (SSSR count). The SMILES string of the molecule is NOCc1ccc2c(c1)OCS2. The van der Waals surface area contributed by atoms with Crippen molar-refractivity contribution in [2.45, 2.75) is 11.5 Å². The van der Waals surface area contributed by atoms with Gasteiger partial charge >= 0.3 is 0 Å². The molecule has 1 aromatic rings. The van der Waals surface area contributed by atoms with E-state index in [1.807, 2.05) is 18.2 Å². The van der Waals surface area contributed by atoms with Gasteiger partial charge in [0.1, 0.15) is 11.7 Å². The van der Waals surface area contributed by atoms with Gasteiger partial charge in [0.15, 0.2) is 0 Å². The standard InChI is InChI=1S/C8H9NO2S/c9-11-4-6-1-2-8-7(3-6)10-5-12-8/h1-3H,4-5,9H2. The Hall–Kier alpha value is -0.710. The smallest absolute Gasteiger partial charge is 0.138 e. The van der Waals surface area contributed by atoms with Crippen molar-refractivity contribution >= 4 is 11.8 Å². The molecular formula is C8H9NO2S. The summed E-state index contributed by atoms with van der Waals surface area (Å²) in [7, 11) is 0. The van der Waals surface area contributed by atoms with E-state index in [4.69, 9.17) is 10.6 Å². The molecule has 2 N–H and O–H groups in total. The summed E-state index contributed by atoms with van der Waals surface area (Å²) in [5, 5.41) is 0. The lowest BCUT2D eigenvalue weighted by Crippen LogP contribution is -1.98. The lowest BCUT2D eigenvalue weighted by atomic mass is 10.2. The second-order valence-electron chi connectivity index (χ2n) is 2.50. The minimum atomic E-state index is 0.432. The largest absolute Gasteiger partial charge is 0.481 e. The van der Waals surface area contributed by atoms with Gasteiger partial charge in [0.2, 0.25) is 0 Å². The van der Waals surface area contributed by atoms with Gasteiger partial charge in [-0.05, 0) is 17.7 Å². The number of hydrogen-bond donors (Lipinski definition) is 1. The van der Waals surface area contributed by atoms with Crippen LogP contribution < -0.4 is 10.6 Å².